The van der Waals surface area contributed by atoms with Gasteiger partial charge in [-0.25, -0.2) is 0 Å². The molecule has 0 aromatic heterocycles. The molecule has 224 valence electrons. The molecule has 0 aliphatic heterocycles. The Kier molecular flexibility index (Phi) is 20.8. The van der Waals surface area contributed by atoms with Crippen molar-refractivity contribution in [2.45, 2.75) is 34.3 Å². The molecule has 0 aliphatic carbocycles. The minimum Gasteiger partial charge on any atom is -0.394 e. The summed E-state index contributed by atoms with van der Waals surface area (Å²) in [6.45, 7) is 3.98. The SMILES string of the molecule is CCOC(OC)(SC(OC)(OCC)C(OCCO)(OCCOC)SC)C(OCCO)(OCCOC)SC. The molecule has 0 radical (unpaired) electrons. The van der Waals surface area contributed by atoms with Gasteiger partial charge < -0.3 is 57.6 Å². The Bertz CT molecular complexity index is 523. The average molecular weight is 599 g/mol. The Morgan fingerprint density at radius 1 is 0.514 bits per heavy atom. The Balaban J connectivity index is 7.05. The van der Waals surface area contributed by atoms with Gasteiger partial charge in [0.05, 0.1) is 52.9 Å². The molecule has 12 nitrogen and oxygen atoms in total. The Morgan fingerprint density at radius 3 is 1.11 bits per heavy atom. The van der Waals surface area contributed by atoms with Crippen LogP contribution in [0.1, 0.15) is 13.8 Å². The summed E-state index contributed by atoms with van der Waals surface area (Å²) in [5.74, 6) is 0. The number of aliphatic hydroxyl groups excluding tert-OH is 2. The monoisotopic (exact) mass is 598 g/mol. The number of hydrogen-bond donors (Lipinski definition) is 2. The van der Waals surface area contributed by atoms with Gasteiger partial charge in [-0.2, -0.15) is 0 Å². The molecule has 0 amide bonds. The van der Waals surface area contributed by atoms with E-state index in [0.29, 0.717) is 0 Å². The van der Waals surface area contributed by atoms with Crippen molar-refractivity contribution < 1.29 is 57.6 Å². The first kappa shape index (κ1) is 37.6. The van der Waals surface area contributed by atoms with E-state index in [1.807, 2.05) is 0 Å². The van der Waals surface area contributed by atoms with E-state index in [9.17, 15) is 10.2 Å². The van der Waals surface area contributed by atoms with Gasteiger partial charge >= 0.3 is 0 Å². The molecular formula is C22H46O12S3. The van der Waals surface area contributed by atoms with Crippen molar-refractivity contribution in [3.05, 3.63) is 0 Å². The van der Waals surface area contributed by atoms with Crippen LogP contribution < -0.4 is 0 Å². The molecule has 0 saturated heterocycles. The van der Waals surface area contributed by atoms with Crippen LogP contribution in [-0.2, 0) is 47.4 Å². The standard InChI is InChI=1S/C22H46O12S3/c1-9-29-19(27-5,21(35-7,31-13-11-23)33-17-15-25-3)37-20(28-6,30-10-2)22(36-8,32-14-12-24)34-18-16-26-4/h23-24H,9-18H2,1-8H3. The predicted octanol–water partition coefficient (Wildman–Crippen LogP) is 1.77. The first-order valence-electron chi connectivity index (χ1n) is 11.8. The van der Waals surface area contributed by atoms with E-state index in [0.717, 1.165) is 35.3 Å². The molecule has 0 saturated carbocycles. The van der Waals surface area contributed by atoms with E-state index in [-0.39, 0.29) is 66.1 Å². The van der Waals surface area contributed by atoms with Crippen molar-refractivity contribution >= 4 is 35.3 Å². The van der Waals surface area contributed by atoms with E-state index in [1.165, 1.54) is 14.2 Å². The zero-order valence-corrected chi connectivity index (χ0v) is 25.7. The molecule has 0 fully saturated rings. The van der Waals surface area contributed by atoms with Gasteiger partial charge in [0.2, 0.25) is 0 Å². The van der Waals surface area contributed by atoms with Crippen molar-refractivity contribution in [1.82, 2.24) is 0 Å². The third-order valence-electron chi connectivity index (χ3n) is 4.69. The highest BCUT2D eigenvalue weighted by atomic mass is 32.2. The van der Waals surface area contributed by atoms with E-state index < -0.39 is 20.5 Å². The number of aliphatic hydroxyl groups is 2. The number of hydrogen-bond acceptors (Lipinski definition) is 15. The summed E-state index contributed by atoms with van der Waals surface area (Å²) in [5.41, 5.74) is 0. The topological polar surface area (TPSA) is 133 Å². The van der Waals surface area contributed by atoms with Crippen molar-refractivity contribution in [1.29, 1.82) is 0 Å². The second kappa shape index (κ2) is 20.4. The summed E-state index contributed by atoms with van der Waals surface area (Å²) in [5, 5.41) is 12.4. The number of methoxy groups -OCH3 is 4. The fraction of sp³-hybridized carbons (Fsp3) is 1.00. The lowest BCUT2D eigenvalue weighted by atomic mass is 10.5. The van der Waals surface area contributed by atoms with E-state index in [4.69, 9.17) is 47.4 Å². The smallest absolute Gasteiger partial charge is 0.290 e. The van der Waals surface area contributed by atoms with Crippen LogP contribution in [0.2, 0.25) is 0 Å². The van der Waals surface area contributed by atoms with Crippen LogP contribution in [0, 0.1) is 0 Å². The number of rotatable bonds is 26. The van der Waals surface area contributed by atoms with Crippen molar-refractivity contribution in [3.63, 3.8) is 0 Å². The van der Waals surface area contributed by atoms with Crippen LogP contribution in [-0.4, -0.2) is 138 Å². The van der Waals surface area contributed by atoms with Gasteiger partial charge in [0.1, 0.15) is 0 Å². The van der Waals surface area contributed by atoms with Crippen LogP contribution >= 0.6 is 35.3 Å². The molecule has 0 aliphatic rings. The van der Waals surface area contributed by atoms with Crippen LogP contribution in [0.5, 0.6) is 0 Å². The molecule has 2 N–H and O–H groups in total. The van der Waals surface area contributed by atoms with Crippen LogP contribution in [0.3, 0.4) is 0 Å². The average Bonchev–Trinajstić information content (AvgIpc) is 2.92. The number of ether oxygens (including phenoxy) is 10. The van der Waals surface area contributed by atoms with E-state index >= 15 is 0 Å². The van der Waals surface area contributed by atoms with Gasteiger partial charge in [0.25, 0.3) is 20.5 Å². The second-order valence-corrected chi connectivity index (χ2v) is 10.0. The molecule has 0 heterocycles. The van der Waals surface area contributed by atoms with Crippen molar-refractivity contribution in [3.8, 4) is 0 Å². The van der Waals surface area contributed by atoms with Gasteiger partial charge in [-0.15, -0.1) is 0 Å². The largest absolute Gasteiger partial charge is 0.394 e. The Labute approximate surface area is 233 Å². The highest BCUT2D eigenvalue weighted by Gasteiger charge is 2.68. The highest BCUT2D eigenvalue weighted by Crippen LogP contribution is 2.58. The molecule has 4 atom stereocenters. The molecular weight excluding hydrogens is 552 g/mol. The summed E-state index contributed by atoms with van der Waals surface area (Å²) >= 11 is 3.27. The Morgan fingerprint density at radius 2 is 0.865 bits per heavy atom. The molecule has 0 aromatic carbocycles. The maximum Gasteiger partial charge on any atom is 0.290 e. The lowest BCUT2D eigenvalue weighted by Gasteiger charge is -2.52. The maximum absolute atomic E-state index is 9.58. The molecule has 0 bridgehead atoms. The van der Waals surface area contributed by atoms with Crippen molar-refractivity contribution in [2.24, 2.45) is 0 Å². The third kappa shape index (κ3) is 9.86. The first-order valence-corrected chi connectivity index (χ1v) is 15.0. The van der Waals surface area contributed by atoms with Gasteiger partial charge in [-0.05, 0) is 38.1 Å². The van der Waals surface area contributed by atoms with Crippen LogP contribution in [0.15, 0.2) is 0 Å². The molecule has 37 heavy (non-hydrogen) atoms. The molecule has 0 aromatic rings. The first-order chi connectivity index (χ1) is 17.8. The Hall–Kier alpha value is 0.570. The fourth-order valence-electron chi connectivity index (χ4n) is 3.17. The predicted molar refractivity (Wildman–Crippen MR) is 145 cm³/mol. The zero-order valence-electron chi connectivity index (χ0n) is 23.3. The summed E-state index contributed by atoms with van der Waals surface area (Å²) in [7, 11) is 5.97. The van der Waals surface area contributed by atoms with Gasteiger partial charge in [0, 0.05) is 41.7 Å². The molecule has 15 heteroatoms. The molecule has 4 unspecified atom stereocenters. The van der Waals surface area contributed by atoms with Gasteiger partial charge in [-0.3, -0.25) is 0 Å². The summed E-state index contributed by atoms with van der Waals surface area (Å²) in [6.07, 6.45) is 3.51. The molecule has 0 rings (SSSR count). The zero-order chi connectivity index (χ0) is 28.3. The lowest BCUT2D eigenvalue weighted by molar-refractivity contribution is -0.340. The van der Waals surface area contributed by atoms with Crippen molar-refractivity contribution in [2.75, 3.05) is 107 Å². The quantitative estimate of drug-likeness (QED) is 0.111. The minimum atomic E-state index is -1.76. The van der Waals surface area contributed by atoms with E-state index in [2.05, 4.69) is 0 Å². The van der Waals surface area contributed by atoms with Crippen LogP contribution in [0.25, 0.3) is 0 Å². The molecule has 0 spiro atoms. The second-order valence-electron chi connectivity index (χ2n) is 6.84. The minimum absolute atomic E-state index is 0.0831. The van der Waals surface area contributed by atoms with Gasteiger partial charge in [0.15, 0.2) is 0 Å². The fourth-order valence-corrected chi connectivity index (χ4v) is 6.87. The summed E-state index contributed by atoms with van der Waals surface area (Å²) < 4.78 is 59.4. The number of thioether (sulfide) groups is 3. The summed E-state index contributed by atoms with van der Waals surface area (Å²) in [4.78, 5) is 0. The van der Waals surface area contributed by atoms with E-state index in [1.54, 1.807) is 40.6 Å². The normalized spacial score (nSPS) is 18.6. The van der Waals surface area contributed by atoms with Gasteiger partial charge in [-0.1, -0.05) is 23.5 Å². The maximum atomic E-state index is 9.58. The highest BCUT2D eigenvalue weighted by molar-refractivity contribution is 8.06. The third-order valence-corrected chi connectivity index (χ3v) is 8.67. The van der Waals surface area contributed by atoms with Crippen LogP contribution in [0.4, 0.5) is 0 Å². The summed E-state index contributed by atoms with van der Waals surface area (Å²) in [6, 6.07) is 0. The lowest BCUT2D eigenvalue weighted by Crippen LogP contribution is -2.64.